The molecule has 0 unspecified atom stereocenters. The van der Waals surface area contributed by atoms with E-state index in [4.69, 9.17) is 4.84 Å². The van der Waals surface area contributed by atoms with Gasteiger partial charge in [0.25, 0.3) is 5.91 Å². The van der Waals surface area contributed by atoms with E-state index in [0.717, 1.165) is 38.7 Å². The molecular weight excluding hydrogens is 668 g/mol. The van der Waals surface area contributed by atoms with Gasteiger partial charge in [-0.05, 0) is 46.7 Å². The van der Waals surface area contributed by atoms with Gasteiger partial charge in [0.2, 0.25) is 17.7 Å². The third-order valence-electron chi connectivity index (χ3n) is 10.6. The smallest absolute Gasteiger partial charge is 0.252 e. The predicted molar refractivity (Wildman–Crippen MR) is 199 cm³/mol. The van der Waals surface area contributed by atoms with Crippen LogP contribution in [0.25, 0.3) is 10.9 Å². The minimum Gasteiger partial charge on any atom is -0.361 e. The van der Waals surface area contributed by atoms with Crippen LogP contribution in [-0.2, 0) is 49.7 Å². The molecule has 4 amide bonds. The average Bonchev–Trinajstić information content (AvgIpc) is 3.79. The van der Waals surface area contributed by atoms with Crippen LogP contribution in [0, 0.1) is 5.92 Å². The molecule has 0 aliphatic carbocycles. The number of hydrogen-bond donors (Lipinski definition) is 5. The molecule has 4 aromatic carbocycles. The third-order valence-corrected chi connectivity index (χ3v) is 10.6. The molecule has 6 atom stereocenters. The number of aromatic amines is 1. The molecule has 5 aromatic rings. The van der Waals surface area contributed by atoms with Crippen LogP contribution in [0.2, 0.25) is 0 Å². The van der Waals surface area contributed by atoms with E-state index in [1.54, 1.807) is 5.06 Å². The lowest BCUT2D eigenvalue weighted by Gasteiger charge is -2.32. The molecule has 0 spiro atoms. The van der Waals surface area contributed by atoms with Crippen LogP contribution in [0.1, 0.15) is 33.9 Å². The van der Waals surface area contributed by atoms with Crippen molar-refractivity contribution < 1.29 is 24.0 Å². The molecule has 2 fully saturated rings. The lowest BCUT2D eigenvalue weighted by molar-refractivity contribution is -0.177. The Morgan fingerprint density at radius 2 is 1.28 bits per heavy atom. The van der Waals surface area contributed by atoms with E-state index < -0.39 is 48.0 Å². The zero-order valence-electron chi connectivity index (χ0n) is 29.2. The summed E-state index contributed by atoms with van der Waals surface area (Å²) in [4.78, 5) is 67.1. The second kappa shape index (κ2) is 15.1. The number of H-pyrrole nitrogens is 1. The lowest BCUT2D eigenvalue weighted by Crippen LogP contribution is -2.59. The largest absolute Gasteiger partial charge is 0.361 e. The van der Waals surface area contributed by atoms with Crippen molar-refractivity contribution in [3.05, 3.63) is 143 Å². The molecule has 4 heterocycles. The van der Waals surface area contributed by atoms with E-state index in [1.807, 2.05) is 115 Å². The Morgan fingerprint density at radius 1 is 0.642 bits per heavy atom. The number of hydroxylamine groups is 2. The van der Waals surface area contributed by atoms with E-state index in [0.29, 0.717) is 19.4 Å². The van der Waals surface area contributed by atoms with E-state index >= 15 is 0 Å². The Kier molecular flexibility index (Phi) is 9.75. The first-order chi connectivity index (χ1) is 25.9. The summed E-state index contributed by atoms with van der Waals surface area (Å²) in [5.41, 5.74) is 5.58. The van der Waals surface area contributed by atoms with Gasteiger partial charge in [0.1, 0.15) is 12.1 Å². The zero-order chi connectivity index (χ0) is 36.3. The second-order valence-corrected chi connectivity index (χ2v) is 14.1. The monoisotopic (exact) mass is 710 g/mol. The first-order valence-corrected chi connectivity index (χ1v) is 18.2. The van der Waals surface area contributed by atoms with E-state index in [9.17, 15) is 19.2 Å². The van der Waals surface area contributed by atoms with Crippen molar-refractivity contribution in [2.75, 3.05) is 13.1 Å². The number of amides is 4. The summed E-state index contributed by atoms with van der Waals surface area (Å²) in [6, 6.07) is 31.8. The van der Waals surface area contributed by atoms with Crippen molar-refractivity contribution >= 4 is 34.5 Å². The SMILES string of the molecule is O=C1NC[C@@H](Cc2ccccc2)NC(=O)[C@H](Cc2ccccc2)NC(=O)[C@H](Cc2c[nH]c3ccccc23)NC(=O)[C@@H]2ON3CCc4ccccc4[C@H]3[C@H]12. The summed E-state index contributed by atoms with van der Waals surface area (Å²) in [5.74, 6) is -2.76. The van der Waals surface area contributed by atoms with Gasteiger partial charge in [-0.3, -0.25) is 24.0 Å². The van der Waals surface area contributed by atoms with Gasteiger partial charge in [-0.2, -0.15) is 5.06 Å². The van der Waals surface area contributed by atoms with Crippen molar-refractivity contribution in [3.8, 4) is 0 Å². The predicted octanol–water partition coefficient (Wildman–Crippen LogP) is 3.31. The Hall–Kier alpha value is -5.78. The fourth-order valence-corrected chi connectivity index (χ4v) is 7.97. The van der Waals surface area contributed by atoms with E-state index in [-0.39, 0.29) is 31.2 Å². The number of aromatic nitrogens is 1. The maximum absolute atomic E-state index is 14.4. The molecular formula is C42H42N6O5. The fraction of sp³-hybridized carbons (Fsp3) is 0.286. The van der Waals surface area contributed by atoms with Crippen LogP contribution in [0.5, 0.6) is 0 Å². The van der Waals surface area contributed by atoms with Gasteiger partial charge in [0.05, 0.1) is 18.0 Å². The standard InChI is InChI=1S/C42H42N6O5/c49-39-34(22-27-13-5-2-6-14-27)46-40(50)35(23-29-24-43-33-18-10-9-16-31(29)33)47-42(52)38-36(37-32-17-8-7-15-28(32)19-20-48(37)53-38)41(51)44-25-30(45-39)21-26-11-3-1-4-12-26/h1-18,24,30,34-38,43H,19-23,25H2,(H,44,51)(H,45,49)(H,46,50)(H,47,52)/t30-,34+,35+,36+,37+,38-/m1/s1. The van der Waals surface area contributed by atoms with E-state index in [1.165, 1.54) is 0 Å². The molecule has 3 aliphatic heterocycles. The van der Waals surface area contributed by atoms with Crippen molar-refractivity contribution in [1.29, 1.82) is 0 Å². The van der Waals surface area contributed by atoms with Gasteiger partial charge in [0, 0.05) is 43.0 Å². The van der Waals surface area contributed by atoms with Crippen molar-refractivity contribution in [2.24, 2.45) is 5.92 Å². The number of rotatable bonds is 6. The Labute approximate surface area is 307 Å². The molecule has 11 heteroatoms. The minimum absolute atomic E-state index is 0.105. The molecule has 11 nitrogen and oxygen atoms in total. The summed E-state index contributed by atoms with van der Waals surface area (Å²) in [6.45, 7) is 0.607. The number of benzene rings is 4. The highest BCUT2D eigenvalue weighted by molar-refractivity contribution is 5.96. The number of para-hydroxylation sites is 1. The fourth-order valence-electron chi connectivity index (χ4n) is 7.97. The topological polar surface area (TPSA) is 145 Å². The summed E-state index contributed by atoms with van der Waals surface area (Å²) < 4.78 is 0. The summed E-state index contributed by atoms with van der Waals surface area (Å²) in [7, 11) is 0. The molecule has 0 bridgehead atoms. The quantitative estimate of drug-likeness (QED) is 0.183. The van der Waals surface area contributed by atoms with Gasteiger partial charge in [-0.1, -0.05) is 103 Å². The van der Waals surface area contributed by atoms with Gasteiger partial charge >= 0.3 is 0 Å². The maximum Gasteiger partial charge on any atom is 0.252 e. The average molecular weight is 711 g/mol. The lowest BCUT2D eigenvalue weighted by atomic mass is 9.83. The number of nitrogens with zero attached hydrogens (tertiary/aromatic N) is 1. The first kappa shape index (κ1) is 34.3. The van der Waals surface area contributed by atoms with Gasteiger partial charge < -0.3 is 26.3 Å². The highest BCUT2D eigenvalue weighted by Crippen LogP contribution is 2.43. The summed E-state index contributed by atoms with van der Waals surface area (Å²) in [6.07, 6.45) is 2.13. The van der Waals surface area contributed by atoms with Crippen LogP contribution >= 0.6 is 0 Å². The summed E-state index contributed by atoms with van der Waals surface area (Å²) in [5, 5.41) is 14.9. The highest BCUT2D eigenvalue weighted by Gasteiger charge is 2.53. The molecule has 270 valence electrons. The van der Waals surface area contributed by atoms with Crippen molar-refractivity contribution in [3.63, 3.8) is 0 Å². The minimum atomic E-state index is -1.20. The van der Waals surface area contributed by atoms with Crippen molar-refractivity contribution in [2.45, 2.75) is 56.0 Å². The number of fused-ring (bicyclic) bond motifs is 6. The zero-order valence-corrected chi connectivity index (χ0v) is 29.2. The number of carbonyl (C=O) groups excluding carboxylic acids is 4. The highest BCUT2D eigenvalue weighted by atomic mass is 16.7. The number of carbonyl (C=O) groups is 4. The van der Waals surface area contributed by atoms with Crippen LogP contribution in [-0.4, -0.2) is 71.0 Å². The Balaban J connectivity index is 1.17. The molecule has 8 rings (SSSR count). The molecule has 1 aromatic heterocycles. The normalized spacial score (nSPS) is 25.2. The van der Waals surface area contributed by atoms with Crippen LogP contribution in [0.3, 0.4) is 0 Å². The third kappa shape index (κ3) is 7.31. The number of nitrogens with one attached hydrogen (secondary N) is 5. The van der Waals surface area contributed by atoms with E-state index in [2.05, 4.69) is 26.3 Å². The molecule has 0 radical (unpaired) electrons. The summed E-state index contributed by atoms with van der Waals surface area (Å²) >= 11 is 0. The van der Waals surface area contributed by atoms with Crippen LogP contribution in [0.4, 0.5) is 0 Å². The molecule has 53 heavy (non-hydrogen) atoms. The van der Waals surface area contributed by atoms with Crippen LogP contribution in [0.15, 0.2) is 115 Å². The molecule has 3 aliphatic rings. The second-order valence-electron chi connectivity index (χ2n) is 14.1. The van der Waals surface area contributed by atoms with Crippen molar-refractivity contribution in [1.82, 2.24) is 31.3 Å². The van der Waals surface area contributed by atoms with Gasteiger partial charge in [-0.15, -0.1) is 0 Å². The van der Waals surface area contributed by atoms with Gasteiger partial charge in [0.15, 0.2) is 6.10 Å². The van der Waals surface area contributed by atoms with Gasteiger partial charge in [-0.25, -0.2) is 0 Å². The molecule has 5 N–H and O–H groups in total. The Bertz CT molecular complexity index is 2120. The Morgan fingerprint density at radius 3 is 2.08 bits per heavy atom. The first-order valence-electron chi connectivity index (χ1n) is 18.2. The number of hydrogen-bond acceptors (Lipinski definition) is 6. The van der Waals surface area contributed by atoms with Crippen LogP contribution < -0.4 is 21.3 Å². The molecule has 2 saturated heterocycles. The molecule has 0 saturated carbocycles. The maximum atomic E-state index is 14.4.